The topological polar surface area (TPSA) is 99.2 Å². The van der Waals surface area contributed by atoms with Crippen molar-refractivity contribution in [3.8, 4) is 11.1 Å². The molecule has 0 unspecified atom stereocenters. The van der Waals surface area contributed by atoms with Crippen molar-refractivity contribution in [1.29, 1.82) is 0 Å². The van der Waals surface area contributed by atoms with E-state index in [0.29, 0.717) is 32.7 Å². The summed E-state index contributed by atoms with van der Waals surface area (Å²) in [4.78, 5) is 39.0. The molecule has 0 radical (unpaired) electrons. The number of carboxylic acids is 1. The molecule has 2 aromatic carbocycles. The second-order valence-corrected chi connectivity index (χ2v) is 8.42. The highest BCUT2D eigenvalue weighted by molar-refractivity contribution is 5.87. The van der Waals surface area contributed by atoms with Gasteiger partial charge in [-0.3, -0.25) is 14.5 Å². The van der Waals surface area contributed by atoms with Crippen LogP contribution in [0.5, 0.6) is 0 Å². The van der Waals surface area contributed by atoms with Crippen LogP contribution in [0.4, 0.5) is 4.79 Å². The van der Waals surface area contributed by atoms with E-state index < -0.39 is 12.1 Å². The van der Waals surface area contributed by atoms with Gasteiger partial charge in [-0.1, -0.05) is 54.6 Å². The van der Waals surface area contributed by atoms with Gasteiger partial charge in [0.15, 0.2) is 0 Å². The first-order valence-corrected chi connectivity index (χ1v) is 11.5. The molecule has 8 heteroatoms. The van der Waals surface area contributed by atoms with E-state index in [1.165, 1.54) is 17.2 Å². The third-order valence-corrected chi connectivity index (χ3v) is 6.29. The summed E-state index contributed by atoms with van der Waals surface area (Å²) < 4.78 is 5.49. The Bertz CT molecular complexity index is 1030. The average Bonchev–Trinajstić information content (AvgIpc) is 3.18. The molecule has 1 aliphatic carbocycles. The van der Waals surface area contributed by atoms with Crippen molar-refractivity contribution in [2.24, 2.45) is 0 Å². The Morgan fingerprint density at radius 3 is 2.21 bits per heavy atom. The lowest BCUT2D eigenvalue weighted by Gasteiger charge is -2.33. The van der Waals surface area contributed by atoms with Crippen LogP contribution in [-0.2, 0) is 14.3 Å². The van der Waals surface area contributed by atoms with Gasteiger partial charge in [0.1, 0.15) is 6.61 Å². The van der Waals surface area contributed by atoms with Crippen molar-refractivity contribution in [3.63, 3.8) is 0 Å². The van der Waals surface area contributed by atoms with Crippen LogP contribution in [0, 0.1) is 0 Å². The number of carbonyl (C=O) groups is 3. The van der Waals surface area contributed by atoms with E-state index in [1.807, 2.05) is 29.2 Å². The third kappa shape index (κ3) is 5.63. The van der Waals surface area contributed by atoms with Crippen molar-refractivity contribution in [3.05, 3.63) is 71.8 Å². The molecule has 0 saturated carbocycles. The van der Waals surface area contributed by atoms with Gasteiger partial charge >= 0.3 is 12.1 Å². The molecule has 34 heavy (non-hydrogen) atoms. The van der Waals surface area contributed by atoms with Crippen molar-refractivity contribution in [2.75, 3.05) is 45.9 Å². The van der Waals surface area contributed by atoms with Gasteiger partial charge in [-0.25, -0.2) is 4.79 Å². The Hall–Kier alpha value is -3.65. The summed E-state index contributed by atoms with van der Waals surface area (Å²) >= 11 is 0. The molecule has 0 atom stereocenters. The van der Waals surface area contributed by atoms with E-state index in [2.05, 4.69) is 29.6 Å². The highest BCUT2D eigenvalue weighted by Gasteiger charge is 2.29. The first-order chi connectivity index (χ1) is 16.5. The van der Waals surface area contributed by atoms with Gasteiger partial charge in [0, 0.05) is 51.3 Å². The molecule has 0 aromatic heterocycles. The monoisotopic (exact) mass is 463 g/mol. The maximum atomic E-state index is 12.3. The number of ether oxygens (including phenoxy) is 1. The summed E-state index contributed by atoms with van der Waals surface area (Å²) in [5.74, 6) is -0.929. The van der Waals surface area contributed by atoms with E-state index in [9.17, 15) is 14.4 Å². The number of rotatable bonds is 8. The zero-order valence-electron chi connectivity index (χ0n) is 19.0. The SMILES string of the molecule is O=C(O)CCN1CCN(C(=O)/C=C/CNC(=O)OCC2c3ccccc3-c3ccccc32)CC1. The molecule has 1 fully saturated rings. The van der Waals surface area contributed by atoms with Gasteiger partial charge in [-0.15, -0.1) is 0 Å². The van der Waals surface area contributed by atoms with Gasteiger partial charge in [-0.2, -0.15) is 0 Å². The largest absolute Gasteiger partial charge is 0.481 e. The molecular formula is C26H29N3O5. The number of piperazine rings is 1. The van der Waals surface area contributed by atoms with Crippen molar-refractivity contribution in [1.82, 2.24) is 15.1 Å². The minimum absolute atomic E-state index is 0.00411. The summed E-state index contributed by atoms with van der Waals surface area (Å²) in [5, 5.41) is 11.4. The number of carboxylic acid groups (broad SMARTS) is 1. The normalized spacial score (nSPS) is 15.7. The standard InChI is InChI=1S/C26H29N3O5/c30-24(29-16-14-28(15-17-29)13-11-25(31)32)10-5-12-27-26(33)34-18-23-21-8-3-1-6-19(21)20-7-2-4-9-22(20)23/h1-10,23H,11-18H2,(H,27,33)(H,31,32)/b10-5+. The fourth-order valence-electron chi connectivity index (χ4n) is 4.50. The first-order valence-electron chi connectivity index (χ1n) is 11.5. The van der Waals surface area contributed by atoms with E-state index >= 15 is 0 Å². The van der Waals surface area contributed by atoms with Gasteiger partial charge in [-0.05, 0) is 22.3 Å². The Kier molecular flexibility index (Phi) is 7.59. The first kappa shape index (κ1) is 23.5. The van der Waals surface area contributed by atoms with Crippen LogP contribution in [0.2, 0.25) is 0 Å². The molecule has 2 amide bonds. The summed E-state index contributed by atoms with van der Waals surface area (Å²) in [6.45, 7) is 3.37. The van der Waals surface area contributed by atoms with Crippen LogP contribution in [-0.4, -0.2) is 78.8 Å². The molecule has 4 rings (SSSR count). The summed E-state index contributed by atoms with van der Waals surface area (Å²) in [5.41, 5.74) is 4.67. The van der Waals surface area contributed by atoms with Crippen LogP contribution in [0.15, 0.2) is 60.7 Å². The van der Waals surface area contributed by atoms with E-state index in [4.69, 9.17) is 9.84 Å². The zero-order valence-corrected chi connectivity index (χ0v) is 19.0. The molecule has 8 nitrogen and oxygen atoms in total. The Morgan fingerprint density at radius 2 is 1.59 bits per heavy atom. The number of carbonyl (C=O) groups excluding carboxylic acids is 2. The van der Waals surface area contributed by atoms with Crippen LogP contribution >= 0.6 is 0 Å². The average molecular weight is 464 g/mol. The predicted octanol–water partition coefficient (Wildman–Crippen LogP) is 2.70. The molecular weight excluding hydrogens is 434 g/mol. The third-order valence-electron chi connectivity index (χ3n) is 6.29. The second-order valence-electron chi connectivity index (χ2n) is 8.42. The van der Waals surface area contributed by atoms with Crippen LogP contribution < -0.4 is 5.32 Å². The molecule has 1 heterocycles. The van der Waals surface area contributed by atoms with Crippen LogP contribution in [0.25, 0.3) is 11.1 Å². The van der Waals surface area contributed by atoms with E-state index in [0.717, 1.165) is 11.1 Å². The predicted molar refractivity (Wildman–Crippen MR) is 127 cm³/mol. The minimum atomic E-state index is -0.814. The summed E-state index contributed by atoms with van der Waals surface area (Å²) in [7, 11) is 0. The Morgan fingerprint density at radius 1 is 0.971 bits per heavy atom. The molecule has 2 N–H and O–H groups in total. The molecule has 0 bridgehead atoms. The van der Waals surface area contributed by atoms with Gasteiger partial charge in [0.25, 0.3) is 0 Å². The number of fused-ring (bicyclic) bond motifs is 3. The lowest BCUT2D eigenvalue weighted by molar-refractivity contribution is -0.138. The maximum Gasteiger partial charge on any atom is 0.407 e. The number of alkyl carbamates (subject to hydrolysis) is 1. The highest BCUT2D eigenvalue weighted by atomic mass is 16.5. The fourth-order valence-corrected chi connectivity index (χ4v) is 4.50. The summed E-state index contributed by atoms with van der Waals surface area (Å²) in [6.07, 6.45) is 2.65. The smallest absolute Gasteiger partial charge is 0.407 e. The summed E-state index contributed by atoms with van der Waals surface area (Å²) in [6, 6.07) is 16.3. The van der Waals surface area contributed by atoms with Crippen molar-refractivity contribution in [2.45, 2.75) is 12.3 Å². The number of aliphatic carboxylic acids is 1. The van der Waals surface area contributed by atoms with Crippen molar-refractivity contribution < 1.29 is 24.2 Å². The molecule has 1 aliphatic heterocycles. The minimum Gasteiger partial charge on any atom is -0.481 e. The van der Waals surface area contributed by atoms with Gasteiger partial charge < -0.3 is 20.1 Å². The molecule has 2 aromatic rings. The quantitative estimate of drug-likeness (QED) is 0.584. The lowest BCUT2D eigenvalue weighted by atomic mass is 9.98. The second kappa shape index (κ2) is 11.0. The number of benzene rings is 2. The Balaban J connectivity index is 1.19. The van der Waals surface area contributed by atoms with E-state index in [1.54, 1.807) is 11.0 Å². The number of nitrogens with one attached hydrogen (secondary N) is 1. The zero-order chi connectivity index (χ0) is 23.9. The van der Waals surface area contributed by atoms with Gasteiger partial charge in [0.2, 0.25) is 5.91 Å². The Labute approximate surface area is 198 Å². The molecule has 1 saturated heterocycles. The van der Waals surface area contributed by atoms with Crippen LogP contribution in [0.3, 0.4) is 0 Å². The number of amides is 2. The highest BCUT2D eigenvalue weighted by Crippen LogP contribution is 2.44. The lowest BCUT2D eigenvalue weighted by Crippen LogP contribution is -2.48. The number of nitrogens with zero attached hydrogens (tertiary/aromatic N) is 2. The molecule has 178 valence electrons. The number of hydrogen-bond donors (Lipinski definition) is 2. The molecule has 2 aliphatic rings. The fraction of sp³-hybridized carbons (Fsp3) is 0.346. The van der Waals surface area contributed by atoms with E-state index in [-0.39, 0.29) is 31.4 Å². The number of hydrogen-bond acceptors (Lipinski definition) is 5. The van der Waals surface area contributed by atoms with Gasteiger partial charge in [0.05, 0.1) is 6.42 Å². The van der Waals surface area contributed by atoms with Crippen molar-refractivity contribution >= 4 is 18.0 Å². The van der Waals surface area contributed by atoms with Crippen LogP contribution in [0.1, 0.15) is 23.5 Å². The molecule has 0 spiro atoms. The maximum absolute atomic E-state index is 12.3.